The molecule has 7 heteroatoms. The van der Waals surface area contributed by atoms with Crippen molar-refractivity contribution in [2.24, 2.45) is 10.2 Å². The largest absolute Gasteiger partial charge is 0.493 e. The summed E-state index contributed by atoms with van der Waals surface area (Å²) in [6.07, 6.45) is 0. The van der Waals surface area contributed by atoms with Gasteiger partial charge >= 0.3 is 5.91 Å². The van der Waals surface area contributed by atoms with Crippen molar-refractivity contribution >= 4 is 22.5 Å². The van der Waals surface area contributed by atoms with Crippen LogP contribution in [0, 0.1) is 12.7 Å². The number of benzene rings is 2. The number of halogens is 1. The molecule has 1 aromatic heterocycles. The Kier molecular flexibility index (Phi) is 4.24. The number of aromatic amines is 1. The number of nitrogens with zero attached hydrogens (tertiary/aromatic N) is 2. The van der Waals surface area contributed by atoms with Crippen LogP contribution in [0.1, 0.15) is 5.56 Å². The molecule has 0 saturated carbocycles. The number of aromatic hydroxyl groups is 1. The van der Waals surface area contributed by atoms with Crippen LogP contribution < -0.4 is 4.74 Å². The van der Waals surface area contributed by atoms with Gasteiger partial charge in [0.15, 0.2) is 12.3 Å². The summed E-state index contributed by atoms with van der Waals surface area (Å²) in [5.41, 5.74) is 1.85. The van der Waals surface area contributed by atoms with Gasteiger partial charge in [-0.2, -0.15) is 0 Å². The number of H-pyrrole nitrogens is 1. The molecule has 0 aliphatic rings. The molecule has 6 nitrogen and oxygen atoms in total. The second-order valence-electron chi connectivity index (χ2n) is 5.16. The van der Waals surface area contributed by atoms with Crippen LogP contribution in [0.2, 0.25) is 0 Å². The van der Waals surface area contributed by atoms with E-state index in [0.717, 1.165) is 11.1 Å². The number of nitrogens with one attached hydrogen (secondary N) is 1. The highest BCUT2D eigenvalue weighted by atomic mass is 19.1. The van der Waals surface area contributed by atoms with Gasteiger partial charge in [-0.15, -0.1) is 10.2 Å². The monoisotopic (exact) mass is 327 g/mol. The van der Waals surface area contributed by atoms with Crippen molar-refractivity contribution in [3.8, 4) is 11.6 Å². The molecule has 0 saturated heterocycles. The van der Waals surface area contributed by atoms with Gasteiger partial charge in [-0.05, 0) is 24.6 Å². The molecule has 2 N–H and O–H groups in total. The average Bonchev–Trinajstić information content (AvgIpc) is 2.88. The number of para-hydroxylation sites is 1. The molecule has 122 valence electrons. The van der Waals surface area contributed by atoms with E-state index >= 15 is 0 Å². The molecule has 3 aromatic rings. The number of ether oxygens (including phenoxy) is 1. The Balaban J connectivity index is 1.73. The maximum atomic E-state index is 13.0. The quantitative estimate of drug-likeness (QED) is 0.710. The first-order valence-electron chi connectivity index (χ1n) is 7.18. The van der Waals surface area contributed by atoms with Gasteiger partial charge < -0.3 is 14.8 Å². The second kappa shape index (κ2) is 6.49. The second-order valence-corrected chi connectivity index (χ2v) is 5.16. The lowest BCUT2D eigenvalue weighted by Gasteiger charge is -2.02. The van der Waals surface area contributed by atoms with E-state index in [9.17, 15) is 14.3 Å². The molecule has 0 unspecified atom stereocenters. The highest BCUT2D eigenvalue weighted by Crippen LogP contribution is 2.36. The lowest BCUT2D eigenvalue weighted by Crippen LogP contribution is -2.07. The molecule has 0 radical (unpaired) electrons. The first-order chi connectivity index (χ1) is 11.5. The van der Waals surface area contributed by atoms with Gasteiger partial charge in [-0.25, -0.2) is 4.39 Å². The zero-order valence-corrected chi connectivity index (χ0v) is 12.8. The van der Waals surface area contributed by atoms with Crippen LogP contribution in [0.4, 0.5) is 10.1 Å². The number of rotatable bonds is 4. The van der Waals surface area contributed by atoms with Gasteiger partial charge in [0, 0.05) is 11.5 Å². The van der Waals surface area contributed by atoms with Crippen molar-refractivity contribution in [2.45, 2.75) is 6.92 Å². The molecule has 1 heterocycles. The number of hydrogen-bond donors (Lipinski definition) is 2. The maximum Gasteiger partial charge on any atom is 0.302 e. The van der Waals surface area contributed by atoms with Gasteiger partial charge in [0.25, 0.3) is 0 Å². The summed E-state index contributed by atoms with van der Waals surface area (Å²) in [6, 6.07) is 10.9. The Hall–Kier alpha value is -3.22. The topological polar surface area (TPSA) is 87.0 Å². The Bertz CT molecular complexity index is 934. The van der Waals surface area contributed by atoms with Crippen molar-refractivity contribution < 1.29 is 19.0 Å². The first kappa shape index (κ1) is 15.7. The molecule has 0 aliphatic heterocycles. The first-order valence-corrected chi connectivity index (χ1v) is 7.18. The van der Waals surface area contributed by atoms with Gasteiger partial charge in [0.2, 0.25) is 5.88 Å². The van der Waals surface area contributed by atoms with Gasteiger partial charge in [-0.1, -0.05) is 24.3 Å². The van der Waals surface area contributed by atoms with E-state index in [-0.39, 0.29) is 23.9 Å². The summed E-state index contributed by atoms with van der Waals surface area (Å²) >= 11 is 0. The van der Waals surface area contributed by atoms with Crippen LogP contribution in [-0.4, -0.2) is 22.6 Å². The van der Waals surface area contributed by atoms with Gasteiger partial charge in [-0.3, -0.25) is 4.79 Å². The molecule has 3 rings (SSSR count). The fourth-order valence-corrected chi connectivity index (χ4v) is 2.27. The fraction of sp³-hybridized carbons (Fsp3) is 0.118. The standard InChI is InChI=1S/C17H14FN3O3/c1-10-4-2-7-13-15(10)19-17(23)16(13)21-20-14(22)9-24-12-6-3-5-11(18)8-12/h2-8,19,23H,9H2,1H3. The SMILES string of the molecule is Cc1cccc2c(N=NC(=O)COc3cccc(F)c3)c(O)[nH]c12. The zero-order chi connectivity index (χ0) is 17.1. The molecule has 0 atom stereocenters. The summed E-state index contributed by atoms with van der Waals surface area (Å²) in [5.74, 6) is -1.05. The molecule has 0 spiro atoms. The third kappa shape index (κ3) is 3.24. The lowest BCUT2D eigenvalue weighted by atomic mass is 10.1. The van der Waals surface area contributed by atoms with Crippen molar-refractivity contribution in [3.05, 3.63) is 53.8 Å². The molecule has 2 aromatic carbocycles. The predicted molar refractivity (Wildman–Crippen MR) is 86.1 cm³/mol. The van der Waals surface area contributed by atoms with E-state index < -0.39 is 11.7 Å². The minimum atomic E-state index is -0.652. The third-order valence-electron chi connectivity index (χ3n) is 3.42. The van der Waals surface area contributed by atoms with Crippen LogP contribution in [0.15, 0.2) is 52.7 Å². The number of carbonyl (C=O) groups is 1. The van der Waals surface area contributed by atoms with E-state index in [4.69, 9.17) is 4.74 Å². The summed E-state index contributed by atoms with van der Waals surface area (Å²) in [7, 11) is 0. The molecule has 0 aliphatic carbocycles. The van der Waals surface area contributed by atoms with Crippen LogP contribution >= 0.6 is 0 Å². The summed E-state index contributed by atoms with van der Waals surface area (Å²) in [4.78, 5) is 14.5. The summed E-state index contributed by atoms with van der Waals surface area (Å²) < 4.78 is 18.2. The van der Waals surface area contributed by atoms with Crippen molar-refractivity contribution in [2.75, 3.05) is 6.61 Å². The molecule has 24 heavy (non-hydrogen) atoms. The average molecular weight is 327 g/mol. The lowest BCUT2D eigenvalue weighted by molar-refractivity contribution is -0.120. The number of fused-ring (bicyclic) bond motifs is 1. The minimum absolute atomic E-state index is 0.165. The Morgan fingerprint density at radius 1 is 1.29 bits per heavy atom. The van der Waals surface area contributed by atoms with Crippen molar-refractivity contribution in [1.29, 1.82) is 0 Å². The van der Waals surface area contributed by atoms with Gasteiger partial charge in [0.05, 0.1) is 5.52 Å². The molecular formula is C17H14FN3O3. The van der Waals surface area contributed by atoms with E-state index in [1.54, 1.807) is 6.07 Å². The molecule has 0 bridgehead atoms. The van der Waals surface area contributed by atoms with Gasteiger partial charge in [0.1, 0.15) is 11.6 Å². The Morgan fingerprint density at radius 2 is 2.08 bits per heavy atom. The molecule has 0 fully saturated rings. The predicted octanol–water partition coefficient (Wildman–Crippen LogP) is 4.01. The van der Waals surface area contributed by atoms with Crippen molar-refractivity contribution in [1.82, 2.24) is 4.98 Å². The van der Waals surface area contributed by atoms with E-state index in [1.165, 1.54) is 24.3 Å². The van der Waals surface area contributed by atoms with Crippen LogP contribution in [0.25, 0.3) is 10.9 Å². The summed E-state index contributed by atoms with van der Waals surface area (Å²) in [5, 5.41) is 17.9. The number of aryl methyl sites for hydroxylation is 1. The van der Waals surface area contributed by atoms with Crippen LogP contribution in [0.5, 0.6) is 11.6 Å². The van der Waals surface area contributed by atoms with Crippen molar-refractivity contribution in [3.63, 3.8) is 0 Å². The minimum Gasteiger partial charge on any atom is -0.493 e. The maximum absolute atomic E-state index is 13.0. The Morgan fingerprint density at radius 3 is 2.88 bits per heavy atom. The number of azo groups is 1. The summed E-state index contributed by atoms with van der Waals surface area (Å²) in [6.45, 7) is 1.51. The van der Waals surface area contributed by atoms with Crippen LogP contribution in [-0.2, 0) is 4.79 Å². The number of carbonyl (C=O) groups excluding carboxylic acids is 1. The number of hydrogen-bond acceptors (Lipinski definition) is 4. The smallest absolute Gasteiger partial charge is 0.302 e. The number of aromatic nitrogens is 1. The highest BCUT2D eigenvalue weighted by molar-refractivity contribution is 5.96. The molecule has 1 amide bonds. The highest BCUT2D eigenvalue weighted by Gasteiger charge is 2.12. The number of amides is 1. The van der Waals surface area contributed by atoms with E-state index in [1.807, 2.05) is 19.1 Å². The van der Waals surface area contributed by atoms with E-state index in [2.05, 4.69) is 15.2 Å². The molecular weight excluding hydrogens is 313 g/mol. The van der Waals surface area contributed by atoms with E-state index in [0.29, 0.717) is 5.39 Å². The zero-order valence-electron chi connectivity index (χ0n) is 12.8. The normalized spacial score (nSPS) is 11.2. The third-order valence-corrected chi connectivity index (χ3v) is 3.42. The fourth-order valence-electron chi connectivity index (χ4n) is 2.27. The van der Waals surface area contributed by atoms with Crippen LogP contribution in [0.3, 0.4) is 0 Å². The Labute approximate surface area is 136 Å².